The predicted octanol–water partition coefficient (Wildman–Crippen LogP) is 6.41. The fraction of sp³-hybridized carbons (Fsp3) is 0.400. The number of benzene rings is 2. The van der Waals surface area contributed by atoms with Gasteiger partial charge < -0.3 is 4.74 Å². The predicted molar refractivity (Wildman–Crippen MR) is 128 cm³/mol. The van der Waals surface area contributed by atoms with Gasteiger partial charge in [-0.2, -0.15) is 0 Å². The third-order valence-corrected chi connectivity index (χ3v) is 6.80. The van der Waals surface area contributed by atoms with Crippen LogP contribution in [0.4, 0.5) is 0 Å². The molecule has 2 aromatic rings. The normalized spacial score (nSPS) is 11.7. The summed E-state index contributed by atoms with van der Waals surface area (Å²) in [5, 5.41) is 0.0854. The van der Waals surface area contributed by atoms with E-state index in [4.69, 9.17) is 4.74 Å². The van der Waals surface area contributed by atoms with Gasteiger partial charge in [-0.15, -0.1) is 0 Å². The van der Waals surface area contributed by atoms with Crippen LogP contribution >= 0.6 is 23.5 Å². The Hall–Kier alpha value is -2.05. The topological polar surface area (TPSA) is 60.4 Å². The van der Waals surface area contributed by atoms with Gasteiger partial charge in [-0.05, 0) is 43.4 Å². The number of carbonyl (C=O) groups is 3. The summed E-state index contributed by atoms with van der Waals surface area (Å²) in [7, 11) is 0. The molecule has 31 heavy (non-hydrogen) atoms. The molecule has 0 saturated heterocycles. The van der Waals surface area contributed by atoms with Gasteiger partial charge in [0.25, 0.3) is 0 Å². The SMILES string of the molecule is CCCC(=O)Sc1cccc(C(Cc2ccccc2)C(=O)OCC)c1SC(=O)CCC. The zero-order chi connectivity index (χ0) is 22.6. The Morgan fingerprint density at radius 1 is 0.839 bits per heavy atom. The first-order chi connectivity index (χ1) is 15.0. The minimum Gasteiger partial charge on any atom is -0.466 e. The smallest absolute Gasteiger partial charge is 0.313 e. The van der Waals surface area contributed by atoms with Gasteiger partial charge >= 0.3 is 5.97 Å². The lowest BCUT2D eigenvalue weighted by atomic mass is 9.92. The van der Waals surface area contributed by atoms with E-state index in [1.165, 1.54) is 0 Å². The van der Waals surface area contributed by atoms with Crippen LogP contribution < -0.4 is 0 Å². The van der Waals surface area contributed by atoms with E-state index in [9.17, 15) is 14.4 Å². The molecule has 0 N–H and O–H groups in total. The average molecular weight is 459 g/mol. The summed E-state index contributed by atoms with van der Waals surface area (Å²) >= 11 is 2.29. The van der Waals surface area contributed by atoms with E-state index in [1.807, 2.05) is 62.4 Å². The first-order valence-corrected chi connectivity index (χ1v) is 12.4. The molecule has 0 amide bonds. The van der Waals surface area contributed by atoms with Crippen molar-refractivity contribution < 1.29 is 19.1 Å². The minimum absolute atomic E-state index is 0.0297. The summed E-state index contributed by atoms with van der Waals surface area (Å²) in [6.07, 6.45) is 2.88. The molecular weight excluding hydrogens is 428 g/mol. The van der Waals surface area contributed by atoms with Crippen molar-refractivity contribution in [1.29, 1.82) is 0 Å². The number of hydrogen-bond donors (Lipinski definition) is 0. The molecule has 1 unspecified atom stereocenters. The maximum Gasteiger partial charge on any atom is 0.313 e. The van der Waals surface area contributed by atoms with Crippen molar-refractivity contribution in [3.8, 4) is 0 Å². The van der Waals surface area contributed by atoms with Crippen LogP contribution in [0.25, 0.3) is 0 Å². The van der Waals surface area contributed by atoms with Crippen LogP contribution in [0.1, 0.15) is 63.5 Å². The number of esters is 1. The summed E-state index contributed by atoms with van der Waals surface area (Å²) in [6, 6.07) is 15.3. The molecule has 6 heteroatoms. The second-order valence-corrected chi connectivity index (χ2v) is 9.28. The van der Waals surface area contributed by atoms with Gasteiger partial charge in [0.05, 0.1) is 12.5 Å². The van der Waals surface area contributed by atoms with Gasteiger partial charge in [-0.25, -0.2) is 0 Å². The molecule has 1 atom stereocenters. The summed E-state index contributed by atoms with van der Waals surface area (Å²) in [4.78, 5) is 39.3. The first kappa shape index (κ1) is 25.2. The largest absolute Gasteiger partial charge is 0.466 e. The van der Waals surface area contributed by atoms with Crippen LogP contribution in [0.15, 0.2) is 58.3 Å². The van der Waals surface area contributed by atoms with Crippen molar-refractivity contribution in [1.82, 2.24) is 0 Å². The van der Waals surface area contributed by atoms with E-state index in [-0.39, 0.29) is 22.8 Å². The second kappa shape index (κ2) is 13.4. The summed E-state index contributed by atoms with van der Waals surface area (Å²) < 4.78 is 5.39. The van der Waals surface area contributed by atoms with E-state index in [0.717, 1.165) is 52.4 Å². The highest BCUT2D eigenvalue weighted by atomic mass is 32.2. The van der Waals surface area contributed by atoms with E-state index in [0.29, 0.717) is 24.2 Å². The van der Waals surface area contributed by atoms with E-state index in [2.05, 4.69) is 0 Å². The monoisotopic (exact) mass is 458 g/mol. The van der Waals surface area contributed by atoms with Crippen molar-refractivity contribution in [2.45, 2.75) is 68.6 Å². The molecule has 0 heterocycles. The van der Waals surface area contributed by atoms with Gasteiger partial charge in [-0.3, -0.25) is 14.4 Å². The maximum atomic E-state index is 13.0. The molecule has 0 aromatic heterocycles. The zero-order valence-corrected chi connectivity index (χ0v) is 20.0. The van der Waals surface area contributed by atoms with Crippen LogP contribution in [0.2, 0.25) is 0 Å². The fourth-order valence-corrected chi connectivity index (χ4v) is 5.35. The Morgan fingerprint density at radius 3 is 2.10 bits per heavy atom. The first-order valence-electron chi connectivity index (χ1n) is 10.7. The van der Waals surface area contributed by atoms with Crippen molar-refractivity contribution in [2.24, 2.45) is 0 Å². The quantitative estimate of drug-likeness (QED) is 0.286. The van der Waals surface area contributed by atoms with Crippen LogP contribution in [0.3, 0.4) is 0 Å². The lowest BCUT2D eigenvalue weighted by Gasteiger charge is -2.21. The molecule has 0 spiro atoms. The second-order valence-electron chi connectivity index (χ2n) is 7.12. The van der Waals surface area contributed by atoms with Crippen molar-refractivity contribution in [2.75, 3.05) is 6.61 Å². The lowest BCUT2D eigenvalue weighted by molar-refractivity contribution is -0.145. The van der Waals surface area contributed by atoms with Gasteiger partial charge in [-0.1, -0.05) is 79.8 Å². The van der Waals surface area contributed by atoms with Gasteiger partial charge in [0.2, 0.25) is 0 Å². The summed E-state index contributed by atoms with van der Waals surface area (Å²) in [6.45, 7) is 5.99. The van der Waals surface area contributed by atoms with Crippen molar-refractivity contribution in [3.63, 3.8) is 0 Å². The number of thioether (sulfide) groups is 2. The zero-order valence-electron chi connectivity index (χ0n) is 18.4. The molecule has 166 valence electrons. The highest BCUT2D eigenvalue weighted by molar-refractivity contribution is 8.16. The van der Waals surface area contributed by atoms with Crippen molar-refractivity contribution in [3.05, 3.63) is 59.7 Å². The molecule has 0 aliphatic heterocycles. The third-order valence-electron chi connectivity index (χ3n) is 4.59. The molecule has 4 nitrogen and oxygen atoms in total. The van der Waals surface area contributed by atoms with Crippen LogP contribution in [0, 0.1) is 0 Å². The highest BCUT2D eigenvalue weighted by Gasteiger charge is 2.28. The fourth-order valence-electron chi connectivity index (χ4n) is 3.16. The van der Waals surface area contributed by atoms with Crippen LogP contribution in [0.5, 0.6) is 0 Å². The third kappa shape index (κ3) is 7.86. The molecule has 0 aliphatic rings. The standard InChI is InChI=1S/C25H30O4S2/c1-4-11-22(26)30-21-16-10-15-19(24(21)31-23(27)12-5-2)20(25(28)29-6-3)17-18-13-8-7-9-14-18/h7-10,13-16,20H,4-6,11-12,17H2,1-3H3. The molecule has 0 saturated carbocycles. The number of carbonyl (C=O) groups excluding carboxylic acids is 3. The van der Waals surface area contributed by atoms with Crippen LogP contribution in [-0.2, 0) is 25.5 Å². The summed E-state index contributed by atoms with van der Waals surface area (Å²) in [5.74, 6) is -0.876. The Morgan fingerprint density at radius 2 is 1.48 bits per heavy atom. The van der Waals surface area contributed by atoms with E-state index >= 15 is 0 Å². The highest BCUT2D eigenvalue weighted by Crippen LogP contribution is 2.40. The van der Waals surface area contributed by atoms with E-state index < -0.39 is 5.92 Å². The lowest BCUT2D eigenvalue weighted by Crippen LogP contribution is -2.19. The van der Waals surface area contributed by atoms with E-state index in [1.54, 1.807) is 6.92 Å². The Labute approximate surface area is 193 Å². The summed E-state index contributed by atoms with van der Waals surface area (Å²) in [5.41, 5.74) is 1.75. The maximum absolute atomic E-state index is 13.0. The molecule has 0 aliphatic carbocycles. The molecule has 0 radical (unpaired) electrons. The van der Waals surface area contributed by atoms with Gasteiger partial charge in [0, 0.05) is 22.6 Å². The molecule has 2 rings (SSSR count). The number of rotatable bonds is 11. The molecule has 0 fully saturated rings. The Bertz CT molecular complexity index is 880. The molecular formula is C25H30O4S2. The van der Waals surface area contributed by atoms with Crippen LogP contribution in [-0.4, -0.2) is 22.8 Å². The Balaban J connectivity index is 2.52. The number of ether oxygens (including phenoxy) is 1. The van der Waals surface area contributed by atoms with Crippen molar-refractivity contribution >= 4 is 39.7 Å². The Kier molecular flexibility index (Phi) is 10.9. The number of hydrogen-bond acceptors (Lipinski definition) is 6. The minimum atomic E-state index is -0.555. The molecule has 2 aromatic carbocycles. The average Bonchev–Trinajstić information content (AvgIpc) is 2.74. The molecule has 0 bridgehead atoms. The van der Waals surface area contributed by atoms with Gasteiger partial charge in [0.15, 0.2) is 10.2 Å². The van der Waals surface area contributed by atoms with Gasteiger partial charge in [0.1, 0.15) is 0 Å².